The Bertz CT molecular complexity index is 877. The topological polar surface area (TPSA) is 30.5 Å². The highest BCUT2D eigenvalue weighted by Gasteiger charge is 2.47. The molecule has 6 heteroatoms. The first-order chi connectivity index (χ1) is 14.6. The second-order valence-electron chi connectivity index (χ2n) is 9.36. The van der Waals surface area contributed by atoms with Gasteiger partial charge in [0.05, 0.1) is 12.1 Å². The van der Waals surface area contributed by atoms with Crippen LogP contribution in [-0.4, -0.2) is 13.2 Å². The highest BCUT2D eigenvalue weighted by atomic mass is 35.5. The smallest absolute Gasteiger partial charge is 0.180 e. The third-order valence-electron chi connectivity index (χ3n) is 7.35. The van der Waals surface area contributed by atoms with Crippen LogP contribution in [0.2, 0.25) is 5.02 Å². The van der Waals surface area contributed by atoms with Crippen molar-refractivity contribution in [3.63, 3.8) is 0 Å². The van der Waals surface area contributed by atoms with Crippen molar-refractivity contribution in [2.45, 2.75) is 51.3 Å². The molecule has 6 rings (SSSR count). The molecule has 4 bridgehead atoms. The fourth-order valence-electron chi connectivity index (χ4n) is 6.25. The number of nitrogens with one attached hydrogen (secondary N) is 1. The molecule has 2 aromatic carbocycles. The molecule has 4 aliphatic carbocycles. The summed E-state index contributed by atoms with van der Waals surface area (Å²) in [4.78, 5) is 0. The van der Waals surface area contributed by atoms with E-state index >= 15 is 0 Å². The summed E-state index contributed by atoms with van der Waals surface area (Å²) in [5.41, 5.74) is 1.99. The van der Waals surface area contributed by atoms with E-state index in [-0.39, 0.29) is 18.2 Å². The van der Waals surface area contributed by atoms with Crippen molar-refractivity contribution < 1.29 is 13.9 Å². The Morgan fingerprint density at radius 3 is 2.23 bits per heavy atom. The van der Waals surface area contributed by atoms with Gasteiger partial charge in [0.15, 0.2) is 11.5 Å². The summed E-state index contributed by atoms with van der Waals surface area (Å²) < 4.78 is 24.6. The van der Waals surface area contributed by atoms with Crippen LogP contribution in [0.1, 0.15) is 43.2 Å². The van der Waals surface area contributed by atoms with Gasteiger partial charge in [-0.3, -0.25) is 0 Å². The van der Waals surface area contributed by atoms with Crippen LogP contribution in [0.3, 0.4) is 0 Å². The van der Waals surface area contributed by atoms with E-state index in [9.17, 15) is 4.39 Å². The van der Waals surface area contributed by atoms with Crippen molar-refractivity contribution in [3.8, 4) is 11.5 Å². The lowest BCUT2D eigenvalue weighted by Crippen LogP contribution is -2.54. The van der Waals surface area contributed by atoms with Gasteiger partial charge in [0.1, 0.15) is 12.4 Å². The number of hydrogen-bond acceptors (Lipinski definition) is 3. The zero-order chi connectivity index (χ0) is 20.7. The fraction of sp³-hybridized carbons (Fsp3) is 0.520. The molecule has 0 amide bonds. The van der Waals surface area contributed by atoms with Crippen LogP contribution in [0.5, 0.6) is 11.5 Å². The molecule has 0 unspecified atom stereocenters. The Morgan fingerprint density at radius 2 is 1.61 bits per heavy atom. The highest BCUT2D eigenvalue weighted by Crippen LogP contribution is 2.53. The highest BCUT2D eigenvalue weighted by molar-refractivity contribution is 6.32. The van der Waals surface area contributed by atoms with Crippen LogP contribution in [0.25, 0.3) is 0 Å². The summed E-state index contributed by atoms with van der Waals surface area (Å²) >= 11 is 6.55. The van der Waals surface area contributed by atoms with Crippen LogP contribution >= 0.6 is 24.0 Å². The van der Waals surface area contributed by atoms with Gasteiger partial charge in [-0.25, -0.2) is 4.39 Å². The second kappa shape index (κ2) is 9.56. The van der Waals surface area contributed by atoms with Crippen LogP contribution in [-0.2, 0) is 13.2 Å². The first kappa shape index (κ1) is 22.7. The second-order valence-corrected chi connectivity index (χ2v) is 9.77. The van der Waals surface area contributed by atoms with E-state index in [1.54, 1.807) is 19.2 Å². The lowest BCUT2D eigenvalue weighted by atomic mass is 9.54. The number of benzene rings is 2. The molecular formula is C25H30Cl2FNO2. The minimum atomic E-state index is -0.259. The van der Waals surface area contributed by atoms with Crippen molar-refractivity contribution in [1.29, 1.82) is 0 Å². The largest absolute Gasteiger partial charge is 0.493 e. The quantitative estimate of drug-likeness (QED) is 0.512. The Balaban J connectivity index is 0.00000231. The zero-order valence-corrected chi connectivity index (χ0v) is 19.4. The van der Waals surface area contributed by atoms with Crippen LogP contribution in [0.4, 0.5) is 4.39 Å². The third kappa shape index (κ3) is 4.81. The van der Waals surface area contributed by atoms with Gasteiger partial charge in [0, 0.05) is 12.6 Å². The van der Waals surface area contributed by atoms with Crippen LogP contribution < -0.4 is 14.8 Å². The molecule has 1 N–H and O–H groups in total. The van der Waals surface area contributed by atoms with Gasteiger partial charge in [-0.1, -0.05) is 23.7 Å². The summed E-state index contributed by atoms with van der Waals surface area (Å²) in [5, 5.41) is 4.39. The van der Waals surface area contributed by atoms with Crippen molar-refractivity contribution >= 4 is 24.0 Å². The Morgan fingerprint density at radius 1 is 0.968 bits per heavy atom. The van der Waals surface area contributed by atoms with Crippen molar-refractivity contribution in [2.75, 3.05) is 7.11 Å². The maximum absolute atomic E-state index is 13.1. The fourth-order valence-corrected chi connectivity index (χ4v) is 6.53. The van der Waals surface area contributed by atoms with Crippen LogP contribution in [0.15, 0.2) is 36.4 Å². The molecule has 31 heavy (non-hydrogen) atoms. The summed E-state index contributed by atoms with van der Waals surface area (Å²) in [6.45, 7) is 1.10. The van der Waals surface area contributed by atoms with E-state index < -0.39 is 0 Å². The van der Waals surface area contributed by atoms with Gasteiger partial charge in [0.2, 0.25) is 0 Å². The molecule has 0 aliphatic heterocycles. The molecule has 0 radical (unpaired) electrons. The molecule has 2 aromatic rings. The van der Waals surface area contributed by atoms with Gasteiger partial charge < -0.3 is 14.8 Å². The molecule has 0 aromatic heterocycles. The molecule has 0 saturated heterocycles. The Hall–Kier alpha value is -1.49. The first-order valence-electron chi connectivity index (χ1n) is 11.1. The van der Waals surface area contributed by atoms with Gasteiger partial charge in [-0.15, -0.1) is 12.4 Å². The van der Waals surface area contributed by atoms with Crippen molar-refractivity contribution in [1.82, 2.24) is 5.32 Å². The maximum Gasteiger partial charge on any atom is 0.180 e. The molecule has 4 saturated carbocycles. The average Bonchev–Trinajstić information content (AvgIpc) is 2.73. The van der Waals surface area contributed by atoms with Gasteiger partial charge in [-0.2, -0.15) is 0 Å². The molecule has 3 nitrogen and oxygen atoms in total. The molecule has 0 atom stereocenters. The van der Waals surface area contributed by atoms with Gasteiger partial charge >= 0.3 is 0 Å². The minimum Gasteiger partial charge on any atom is -0.493 e. The monoisotopic (exact) mass is 465 g/mol. The zero-order valence-electron chi connectivity index (χ0n) is 17.8. The predicted octanol–water partition coefficient (Wildman–Crippen LogP) is 6.40. The average molecular weight is 466 g/mol. The van der Waals surface area contributed by atoms with Gasteiger partial charge in [0.25, 0.3) is 0 Å². The predicted molar refractivity (Wildman–Crippen MR) is 124 cm³/mol. The van der Waals surface area contributed by atoms with E-state index in [1.165, 1.54) is 44.2 Å². The summed E-state index contributed by atoms with van der Waals surface area (Å²) in [5.74, 6) is 4.56. The summed E-state index contributed by atoms with van der Waals surface area (Å²) in [6.07, 6.45) is 7.11. The van der Waals surface area contributed by atoms with E-state index in [0.29, 0.717) is 29.2 Å². The number of ether oxygens (including phenoxy) is 2. The Kier molecular flexibility index (Phi) is 7.00. The lowest BCUT2D eigenvalue weighted by Gasteiger charge is -2.54. The number of halogens is 3. The maximum atomic E-state index is 13.1. The van der Waals surface area contributed by atoms with Crippen LogP contribution in [0, 0.1) is 29.5 Å². The van der Waals surface area contributed by atoms with Crippen molar-refractivity contribution in [2.24, 2.45) is 23.7 Å². The Labute approximate surface area is 195 Å². The molecule has 0 spiro atoms. The van der Waals surface area contributed by atoms with Crippen molar-refractivity contribution in [3.05, 3.63) is 58.4 Å². The molecular weight excluding hydrogens is 436 g/mol. The minimum absolute atomic E-state index is 0. The van der Waals surface area contributed by atoms with E-state index in [0.717, 1.165) is 41.3 Å². The summed E-state index contributed by atoms with van der Waals surface area (Å²) in [7, 11) is 1.63. The number of rotatable bonds is 7. The molecule has 0 heterocycles. The molecule has 4 aliphatic rings. The molecule has 4 fully saturated rings. The lowest BCUT2D eigenvalue weighted by molar-refractivity contribution is -0.0142. The first-order valence-corrected chi connectivity index (χ1v) is 11.4. The number of methoxy groups -OCH3 is 1. The van der Waals surface area contributed by atoms with E-state index in [1.807, 2.05) is 12.1 Å². The van der Waals surface area contributed by atoms with E-state index in [4.69, 9.17) is 21.1 Å². The third-order valence-corrected chi connectivity index (χ3v) is 7.64. The SMILES string of the molecule is COc1cc(CNC2C3CC4CC(C3)CC2C4)cc(Cl)c1OCc1ccc(F)cc1.Cl. The molecule has 168 valence electrons. The number of hydrogen-bond donors (Lipinski definition) is 1. The van der Waals surface area contributed by atoms with E-state index in [2.05, 4.69) is 5.32 Å². The standard InChI is InChI=1S/C25H29ClFNO2.ClH/c1-29-23-12-18(11-22(26)25(23)30-14-15-2-4-21(27)5-3-15)13-28-24-19-7-16-6-17(9-19)10-20(24)8-16;/h2-5,11-12,16-17,19-20,24,28H,6-10,13-14H2,1H3;1H. The summed E-state index contributed by atoms with van der Waals surface area (Å²) in [6, 6.07) is 10.9. The van der Waals surface area contributed by atoms with Gasteiger partial charge in [-0.05, 0) is 91.2 Å². The normalized spacial score (nSPS) is 28.3.